The van der Waals surface area contributed by atoms with Crippen LogP contribution in [0.3, 0.4) is 0 Å². The van der Waals surface area contributed by atoms with Crippen molar-refractivity contribution in [3.63, 3.8) is 0 Å². The van der Waals surface area contributed by atoms with E-state index >= 15 is 0 Å². The molecule has 154 valence electrons. The van der Waals surface area contributed by atoms with Gasteiger partial charge < -0.3 is 10.6 Å². The van der Waals surface area contributed by atoms with Crippen molar-refractivity contribution in [2.75, 3.05) is 11.1 Å². The molecule has 0 fully saturated rings. The fourth-order valence-electron chi connectivity index (χ4n) is 3.60. The van der Waals surface area contributed by atoms with Crippen molar-refractivity contribution in [3.8, 4) is 6.07 Å². The molecule has 1 unspecified atom stereocenters. The molecule has 3 rings (SSSR count). The molecule has 2 amide bonds. The number of nitrogens with one attached hydrogen (secondary N) is 2. The Labute approximate surface area is 179 Å². The Morgan fingerprint density at radius 2 is 1.87 bits per heavy atom. The number of hydrogen-bond acceptors (Lipinski definition) is 4. The van der Waals surface area contributed by atoms with E-state index in [0.717, 1.165) is 34.1 Å². The first-order chi connectivity index (χ1) is 14.3. The van der Waals surface area contributed by atoms with Crippen LogP contribution in [0.5, 0.6) is 0 Å². The number of aryl methyl sites for hydroxylation is 3. The number of rotatable bonds is 5. The van der Waals surface area contributed by atoms with E-state index in [0.29, 0.717) is 16.2 Å². The number of carbonyl (C=O) groups is 2. The van der Waals surface area contributed by atoms with Gasteiger partial charge in [-0.1, -0.05) is 41.6 Å². The summed E-state index contributed by atoms with van der Waals surface area (Å²) >= 11 is 1.12. The number of halogens is 1. The molecule has 0 saturated heterocycles. The predicted molar refractivity (Wildman–Crippen MR) is 116 cm³/mol. The maximum absolute atomic E-state index is 13.2. The van der Waals surface area contributed by atoms with E-state index in [1.807, 2.05) is 32.9 Å². The zero-order valence-electron chi connectivity index (χ0n) is 17.0. The number of carbonyl (C=O) groups excluding carboxylic acids is 2. The fourth-order valence-corrected chi connectivity index (χ4v) is 4.48. The number of allylic oxidation sites excluding steroid dienone is 1. The first-order valence-electron chi connectivity index (χ1n) is 9.48. The summed E-state index contributed by atoms with van der Waals surface area (Å²) < 4.78 is 13.2. The van der Waals surface area contributed by atoms with Gasteiger partial charge in [0, 0.05) is 18.0 Å². The lowest BCUT2D eigenvalue weighted by Gasteiger charge is -2.25. The molecule has 0 aromatic heterocycles. The number of amides is 2. The molecule has 0 radical (unpaired) electrons. The lowest BCUT2D eigenvalue weighted by molar-refractivity contribution is -0.121. The number of nitrogens with zero attached hydrogens (tertiary/aromatic N) is 1. The van der Waals surface area contributed by atoms with Crippen LogP contribution in [0.4, 0.5) is 10.1 Å². The zero-order valence-corrected chi connectivity index (χ0v) is 17.8. The van der Waals surface area contributed by atoms with Crippen LogP contribution in [-0.4, -0.2) is 17.6 Å². The van der Waals surface area contributed by atoms with Crippen molar-refractivity contribution >= 4 is 29.3 Å². The number of benzene rings is 2. The largest absolute Gasteiger partial charge is 0.325 e. The molecule has 0 aliphatic carbocycles. The highest BCUT2D eigenvalue weighted by atomic mass is 32.2. The molecule has 1 atom stereocenters. The highest BCUT2D eigenvalue weighted by Crippen LogP contribution is 2.36. The molecule has 30 heavy (non-hydrogen) atoms. The second kappa shape index (κ2) is 9.14. The van der Waals surface area contributed by atoms with Crippen molar-refractivity contribution in [2.24, 2.45) is 0 Å². The number of hydrogen-bond donors (Lipinski definition) is 2. The Kier molecular flexibility index (Phi) is 6.58. The zero-order chi connectivity index (χ0) is 21.8. The lowest BCUT2D eigenvalue weighted by Crippen LogP contribution is -2.31. The third kappa shape index (κ3) is 4.89. The van der Waals surface area contributed by atoms with E-state index in [2.05, 4.69) is 16.7 Å². The molecule has 2 aromatic carbocycles. The maximum atomic E-state index is 13.2. The molecule has 2 aromatic rings. The van der Waals surface area contributed by atoms with Gasteiger partial charge in [-0.25, -0.2) is 4.39 Å². The summed E-state index contributed by atoms with van der Waals surface area (Å²) in [6.07, 6.45) is 0.104. The van der Waals surface area contributed by atoms with Gasteiger partial charge in [-0.2, -0.15) is 5.26 Å². The second-order valence-corrected chi connectivity index (χ2v) is 8.31. The van der Waals surface area contributed by atoms with Crippen LogP contribution in [-0.2, 0) is 9.59 Å². The smallest absolute Gasteiger partial charge is 0.234 e. The molecule has 0 spiro atoms. The normalized spacial score (nSPS) is 16.1. The minimum atomic E-state index is -0.462. The van der Waals surface area contributed by atoms with Crippen LogP contribution in [0.2, 0.25) is 0 Å². The predicted octanol–water partition coefficient (Wildman–Crippen LogP) is 4.46. The van der Waals surface area contributed by atoms with Gasteiger partial charge in [0.15, 0.2) is 0 Å². The maximum Gasteiger partial charge on any atom is 0.234 e. The first kappa shape index (κ1) is 21.6. The van der Waals surface area contributed by atoms with Gasteiger partial charge in [-0.3, -0.25) is 9.59 Å². The molecule has 5 nitrogen and oxygen atoms in total. The summed E-state index contributed by atoms with van der Waals surface area (Å²) in [7, 11) is 0. The highest BCUT2D eigenvalue weighted by Gasteiger charge is 2.30. The summed E-state index contributed by atoms with van der Waals surface area (Å²) in [6.45, 7) is 5.88. The molecule has 2 N–H and O–H groups in total. The molecule has 7 heteroatoms. The molecule has 1 aliphatic heterocycles. The van der Waals surface area contributed by atoms with E-state index in [-0.39, 0.29) is 29.8 Å². The van der Waals surface area contributed by atoms with Crippen molar-refractivity contribution in [1.29, 1.82) is 5.26 Å². The average Bonchev–Trinajstić information content (AvgIpc) is 2.69. The average molecular weight is 424 g/mol. The molecule has 1 heterocycles. The van der Waals surface area contributed by atoms with E-state index < -0.39 is 5.92 Å². The van der Waals surface area contributed by atoms with Crippen LogP contribution in [0.15, 0.2) is 47.0 Å². The first-order valence-corrected chi connectivity index (χ1v) is 10.5. The third-order valence-corrected chi connectivity index (χ3v) is 5.93. The molecule has 1 aliphatic rings. The second-order valence-electron chi connectivity index (χ2n) is 7.32. The number of thioether (sulfide) groups is 1. The van der Waals surface area contributed by atoms with Gasteiger partial charge in [0.1, 0.15) is 5.82 Å². The summed E-state index contributed by atoms with van der Waals surface area (Å²) in [5, 5.41) is 15.7. The topological polar surface area (TPSA) is 82.0 Å². The standard InChI is InChI=1S/C23H22FN3O2S/c1-13-8-14(2)22(15(3)9-13)26-21(29)12-30-23-19(11-25)18(10-20(28)27-23)16-4-6-17(24)7-5-16/h4-9,18H,10,12H2,1-3H3,(H,26,29)(H,27,28). The summed E-state index contributed by atoms with van der Waals surface area (Å²) in [6, 6.07) is 11.9. The molecule has 0 bridgehead atoms. The quantitative estimate of drug-likeness (QED) is 0.744. The van der Waals surface area contributed by atoms with E-state index in [4.69, 9.17) is 0 Å². The summed E-state index contributed by atoms with van der Waals surface area (Å²) in [4.78, 5) is 24.7. The SMILES string of the molecule is Cc1cc(C)c(NC(=O)CSC2=C(C#N)C(c3ccc(F)cc3)CC(=O)N2)c(C)c1. The van der Waals surface area contributed by atoms with Crippen molar-refractivity contribution in [1.82, 2.24) is 5.32 Å². The van der Waals surface area contributed by atoms with Gasteiger partial charge in [0.05, 0.1) is 22.4 Å². The van der Waals surface area contributed by atoms with Crippen LogP contribution >= 0.6 is 11.8 Å². The molecular weight excluding hydrogens is 401 g/mol. The van der Waals surface area contributed by atoms with E-state index in [1.165, 1.54) is 12.1 Å². The Hall–Kier alpha value is -3.11. The fraction of sp³-hybridized carbons (Fsp3) is 0.261. The number of nitriles is 1. The monoisotopic (exact) mass is 423 g/mol. The van der Waals surface area contributed by atoms with Gasteiger partial charge in [0.2, 0.25) is 11.8 Å². The van der Waals surface area contributed by atoms with Crippen molar-refractivity contribution in [2.45, 2.75) is 33.1 Å². The third-order valence-electron chi connectivity index (χ3n) is 4.92. The van der Waals surface area contributed by atoms with E-state index in [1.54, 1.807) is 12.1 Å². The Morgan fingerprint density at radius 1 is 1.23 bits per heavy atom. The molecular formula is C23H22FN3O2S. The van der Waals surface area contributed by atoms with Crippen molar-refractivity contribution < 1.29 is 14.0 Å². The highest BCUT2D eigenvalue weighted by molar-refractivity contribution is 8.03. The van der Waals surface area contributed by atoms with Crippen LogP contribution in [0.1, 0.15) is 34.6 Å². The van der Waals surface area contributed by atoms with Gasteiger partial charge >= 0.3 is 0 Å². The van der Waals surface area contributed by atoms with Crippen molar-refractivity contribution in [3.05, 3.63) is 75.1 Å². The van der Waals surface area contributed by atoms with Crippen LogP contribution in [0, 0.1) is 37.9 Å². The minimum Gasteiger partial charge on any atom is -0.325 e. The van der Waals surface area contributed by atoms with Crippen LogP contribution in [0.25, 0.3) is 0 Å². The number of anilines is 1. The Balaban J connectivity index is 1.77. The van der Waals surface area contributed by atoms with E-state index in [9.17, 15) is 19.2 Å². The Morgan fingerprint density at radius 3 is 2.47 bits per heavy atom. The molecule has 0 saturated carbocycles. The van der Waals surface area contributed by atoms with Gasteiger partial charge in [-0.15, -0.1) is 0 Å². The summed E-state index contributed by atoms with van der Waals surface area (Å²) in [5.74, 6) is -1.26. The lowest BCUT2D eigenvalue weighted by atomic mass is 9.87. The Bertz CT molecular complexity index is 1050. The van der Waals surface area contributed by atoms with Gasteiger partial charge in [0.25, 0.3) is 0 Å². The minimum absolute atomic E-state index is 0.0453. The van der Waals surface area contributed by atoms with Gasteiger partial charge in [-0.05, 0) is 49.6 Å². The summed E-state index contributed by atoms with van der Waals surface area (Å²) in [5.41, 5.74) is 4.92. The van der Waals surface area contributed by atoms with Crippen LogP contribution < -0.4 is 10.6 Å².